The molecule has 0 aliphatic heterocycles. The standard InChI is InChI=1S/C20H19ClN4O2/c1-3-27-18-7-5-4-6-15(18)23-20(26)16-10-11-19(25-24-16)22-17-12-14(21)9-8-13(17)2/h4-12H,3H2,1-2H3,(H,22,25)(H,23,26). The summed E-state index contributed by atoms with van der Waals surface area (Å²) in [5, 5.41) is 14.6. The van der Waals surface area contributed by atoms with E-state index in [9.17, 15) is 4.79 Å². The van der Waals surface area contributed by atoms with Crippen LogP contribution in [0.25, 0.3) is 0 Å². The summed E-state index contributed by atoms with van der Waals surface area (Å²) in [6.45, 7) is 4.36. The first-order valence-electron chi connectivity index (χ1n) is 8.47. The number of hydrogen-bond acceptors (Lipinski definition) is 5. The van der Waals surface area contributed by atoms with Crippen molar-refractivity contribution in [2.45, 2.75) is 13.8 Å². The molecular formula is C20H19ClN4O2. The summed E-state index contributed by atoms with van der Waals surface area (Å²) in [7, 11) is 0. The van der Waals surface area contributed by atoms with Gasteiger partial charge in [0.15, 0.2) is 11.5 Å². The number of aryl methyl sites for hydroxylation is 1. The average Bonchev–Trinajstić information content (AvgIpc) is 2.67. The Morgan fingerprint density at radius 1 is 1.07 bits per heavy atom. The van der Waals surface area contributed by atoms with Crippen LogP contribution in [-0.2, 0) is 0 Å². The summed E-state index contributed by atoms with van der Waals surface area (Å²) in [4.78, 5) is 12.4. The van der Waals surface area contributed by atoms with Gasteiger partial charge in [-0.2, -0.15) is 0 Å². The second-order valence-electron chi connectivity index (χ2n) is 5.77. The molecule has 2 aromatic carbocycles. The van der Waals surface area contributed by atoms with E-state index in [-0.39, 0.29) is 11.6 Å². The highest BCUT2D eigenvalue weighted by molar-refractivity contribution is 6.30. The number of aromatic nitrogens is 2. The monoisotopic (exact) mass is 382 g/mol. The summed E-state index contributed by atoms with van der Waals surface area (Å²) < 4.78 is 5.51. The van der Waals surface area contributed by atoms with Gasteiger partial charge >= 0.3 is 0 Å². The second kappa shape index (κ2) is 8.51. The molecule has 0 unspecified atom stereocenters. The van der Waals surface area contributed by atoms with Crippen LogP contribution in [0.4, 0.5) is 17.2 Å². The zero-order chi connectivity index (χ0) is 19.2. The Morgan fingerprint density at radius 3 is 2.63 bits per heavy atom. The highest BCUT2D eigenvalue weighted by Gasteiger charge is 2.12. The molecule has 27 heavy (non-hydrogen) atoms. The third-order valence-electron chi connectivity index (χ3n) is 3.79. The van der Waals surface area contributed by atoms with E-state index < -0.39 is 0 Å². The Labute approximate surface area is 162 Å². The molecule has 3 aromatic rings. The predicted octanol–water partition coefficient (Wildman–Crippen LogP) is 4.83. The molecular weight excluding hydrogens is 364 g/mol. The maximum atomic E-state index is 12.4. The van der Waals surface area contributed by atoms with E-state index in [0.717, 1.165) is 11.3 Å². The number of carbonyl (C=O) groups is 1. The number of anilines is 3. The molecule has 2 N–H and O–H groups in total. The number of hydrogen-bond donors (Lipinski definition) is 2. The second-order valence-corrected chi connectivity index (χ2v) is 6.21. The van der Waals surface area contributed by atoms with Gasteiger partial charge in [0.05, 0.1) is 12.3 Å². The molecule has 7 heteroatoms. The van der Waals surface area contributed by atoms with Gasteiger partial charge in [-0.3, -0.25) is 4.79 Å². The maximum absolute atomic E-state index is 12.4. The molecule has 6 nitrogen and oxygen atoms in total. The number of benzene rings is 2. The van der Waals surface area contributed by atoms with Crippen LogP contribution in [0.1, 0.15) is 23.0 Å². The number of nitrogens with zero attached hydrogens (tertiary/aromatic N) is 2. The third kappa shape index (κ3) is 4.74. The lowest BCUT2D eigenvalue weighted by molar-refractivity contribution is 0.102. The summed E-state index contributed by atoms with van der Waals surface area (Å²) in [6.07, 6.45) is 0. The minimum Gasteiger partial charge on any atom is -0.492 e. The van der Waals surface area contributed by atoms with Crippen LogP contribution in [0, 0.1) is 6.92 Å². The largest absolute Gasteiger partial charge is 0.492 e. The van der Waals surface area contributed by atoms with Gasteiger partial charge in [0.2, 0.25) is 0 Å². The average molecular weight is 383 g/mol. The van der Waals surface area contributed by atoms with Crippen molar-refractivity contribution < 1.29 is 9.53 Å². The van der Waals surface area contributed by atoms with Gasteiger partial charge in [0.1, 0.15) is 5.75 Å². The van der Waals surface area contributed by atoms with Crippen molar-refractivity contribution in [1.82, 2.24) is 10.2 Å². The van der Waals surface area contributed by atoms with Gasteiger partial charge in [-0.1, -0.05) is 29.8 Å². The topological polar surface area (TPSA) is 76.1 Å². The third-order valence-corrected chi connectivity index (χ3v) is 4.03. The van der Waals surface area contributed by atoms with Gasteiger partial charge in [-0.25, -0.2) is 0 Å². The first-order chi connectivity index (χ1) is 13.1. The number of para-hydroxylation sites is 2. The van der Waals surface area contributed by atoms with E-state index in [1.54, 1.807) is 24.3 Å². The zero-order valence-electron chi connectivity index (χ0n) is 15.0. The van der Waals surface area contributed by atoms with E-state index in [0.29, 0.717) is 28.9 Å². The lowest BCUT2D eigenvalue weighted by Crippen LogP contribution is -2.15. The van der Waals surface area contributed by atoms with Crippen LogP contribution < -0.4 is 15.4 Å². The molecule has 1 aromatic heterocycles. The van der Waals surface area contributed by atoms with E-state index in [2.05, 4.69) is 20.8 Å². The van der Waals surface area contributed by atoms with Crippen molar-refractivity contribution in [3.63, 3.8) is 0 Å². The molecule has 0 aliphatic rings. The SMILES string of the molecule is CCOc1ccccc1NC(=O)c1ccc(Nc2cc(Cl)ccc2C)nn1. The number of amides is 1. The molecule has 0 bridgehead atoms. The molecule has 0 fully saturated rings. The van der Waals surface area contributed by atoms with Crippen molar-refractivity contribution in [2.24, 2.45) is 0 Å². The molecule has 0 atom stereocenters. The molecule has 3 rings (SSSR count). The highest BCUT2D eigenvalue weighted by Crippen LogP contribution is 2.25. The molecule has 0 saturated carbocycles. The number of ether oxygens (including phenoxy) is 1. The van der Waals surface area contributed by atoms with Gasteiger partial charge in [0, 0.05) is 10.7 Å². The molecule has 0 saturated heterocycles. The van der Waals surface area contributed by atoms with Crippen molar-refractivity contribution in [2.75, 3.05) is 17.2 Å². The van der Waals surface area contributed by atoms with Gasteiger partial charge in [-0.15, -0.1) is 10.2 Å². The fraction of sp³-hybridized carbons (Fsp3) is 0.150. The Balaban J connectivity index is 1.71. The van der Waals surface area contributed by atoms with Crippen molar-refractivity contribution in [3.8, 4) is 5.75 Å². The van der Waals surface area contributed by atoms with Crippen molar-refractivity contribution in [3.05, 3.63) is 70.9 Å². The van der Waals surface area contributed by atoms with Crippen LogP contribution in [0.15, 0.2) is 54.6 Å². The summed E-state index contributed by atoms with van der Waals surface area (Å²) in [6, 6.07) is 16.1. The Morgan fingerprint density at radius 2 is 1.89 bits per heavy atom. The maximum Gasteiger partial charge on any atom is 0.276 e. The van der Waals surface area contributed by atoms with Crippen molar-refractivity contribution in [1.29, 1.82) is 0 Å². The zero-order valence-corrected chi connectivity index (χ0v) is 15.7. The predicted molar refractivity (Wildman–Crippen MR) is 107 cm³/mol. The molecule has 0 aliphatic carbocycles. The molecule has 138 valence electrons. The van der Waals surface area contributed by atoms with Crippen molar-refractivity contribution >= 4 is 34.7 Å². The van der Waals surface area contributed by atoms with E-state index in [1.807, 2.05) is 44.2 Å². The summed E-state index contributed by atoms with van der Waals surface area (Å²) in [5.74, 6) is 0.766. The first kappa shape index (κ1) is 18.7. The normalized spacial score (nSPS) is 10.3. The van der Waals surface area contributed by atoms with Crippen LogP contribution in [0.5, 0.6) is 5.75 Å². The Kier molecular flexibility index (Phi) is 5.88. The number of nitrogens with one attached hydrogen (secondary N) is 2. The van der Waals surface area contributed by atoms with Crippen LogP contribution in [0.3, 0.4) is 0 Å². The molecule has 0 spiro atoms. The quantitative estimate of drug-likeness (QED) is 0.638. The molecule has 1 heterocycles. The van der Waals surface area contributed by atoms with Gasteiger partial charge < -0.3 is 15.4 Å². The smallest absolute Gasteiger partial charge is 0.276 e. The van der Waals surface area contributed by atoms with Gasteiger partial charge in [-0.05, 0) is 55.8 Å². The lowest BCUT2D eigenvalue weighted by Gasteiger charge is -2.11. The fourth-order valence-corrected chi connectivity index (χ4v) is 2.60. The number of halogens is 1. The first-order valence-corrected chi connectivity index (χ1v) is 8.84. The minimum atomic E-state index is -0.361. The van der Waals surface area contributed by atoms with E-state index in [1.165, 1.54) is 0 Å². The van der Waals surface area contributed by atoms with Gasteiger partial charge in [0.25, 0.3) is 5.91 Å². The molecule has 0 radical (unpaired) electrons. The number of rotatable bonds is 6. The van der Waals surface area contributed by atoms with Crippen LogP contribution in [0.2, 0.25) is 5.02 Å². The summed E-state index contributed by atoms with van der Waals surface area (Å²) >= 11 is 6.02. The van der Waals surface area contributed by atoms with Crippen LogP contribution >= 0.6 is 11.6 Å². The highest BCUT2D eigenvalue weighted by atomic mass is 35.5. The number of carbonyl (C=O) groups excluding carboxylic acids is 1. The van der Waals surface area contributed by atoms with E-state index >= 15 is 0 Å². The fourth-order valence-electron chi connectivity index (χ4n) is 2.42. The summed E-state index contributed by atoms with van der Waals surface area (Å²) in [5.41, 5.74) is 2.65. The Hall–Kier alpha value is -3.12. The Bertz CT molecular complexity index is 945. The van der Waals surface area contributed by atoms with E-state index in [4.69, 9.17) is 16.3 Å². The minimum absolute atomic E-state index is 0.203. The molecule has 1 amide bonds. The lowest BCUT2D eigenvalue weighted by atomic mass is 10.2. The van der Waals surface area contributed by atoms with Crippen LogP contribution in [-0.4, -0.2) is 22.7 Å².